The maximum absolute atomic E-state index is 10.7. The molecule has 1 saturated carbocycles. The minimum absolute atomic E-state index is 0.182. The molecular weight excluding hydrogens is 250 g/mol. The Kier molecular flexibility index (Phi) is 4.40. The zero-order valence-electron chi connectivity index (χ0n) is 10.4. The van der Waals surface area contributed by atoms with Crippen molar-refractivity contribution in [2.24, 2.45) is 10.9 Å². The highest BCUT2D eigenvalue weighted by Gasteiger charge is 2.28. The van der Waals surface area contributed by atoms with Gasteiger partial charge in [-0.1, -0.05) is 24.4 Å². The second-order valence-corrected chi connectivity index (χ2v) is 5.03. The smallest absolute Gasteiger partial charge is 0.235 e. The molecule has 0 heterocycles. The van der Waals surface area contributed by atoms with E-state index < -0.39 is 0 Å². The zero-order chi connectivity index (χ0) is 13.0. The summed E-state index contributed by atoms with van der Waals surface area (Å²) in [7, 11) is 1.61. The predicted molar refractivity (Wildman–Crippen MR) is 70.8 cm³/mol. The summed E-state index contributed by atoms with van der Waals surface area (Å²) < 4.78 is 5.34. The summed E-state index contributed by atoms with van der Waals surface area (Å²) in [6, 6.07) is 5.25. The molecule has 1 fully saturated rings. The number of halogens is 1. The quantitative estimate of drug-likeness (QED) is 0.611. The number of hydrogen-bond donors (Lipinski definition) is 0. The summed E-state index contributed by atoms with van der Waals surface area (Å²) in [5, 5.41) is 0.634. The molecule has 0 aromatic heterocycles. The molecule has 0 N–H and O–H groups in total. The molecule has 1 aliphatic carbocycles. The topological polar surface area (TPSA) is 38.7 Å². The minimum Gasteiger partial charge on any atom is -0.496 e. The van der Waals surface area contributed by atoms with Crippen molar-refractivity contribution >= 4 is 17.7 Å². The molecule has 1 aromatic rings. The first kappa shape index (κ1) is 13.1. The molecule has 1 aliphatic rings. The Morgan fingerprint density at radius 3 is 2.78 bits per heavy atom. The van der Waals surface area contributed by atoms with Gasteiger partial charge in [-0.2, -0.15) is 4.99 Å². The maximum atomic E-state index is 10.7. The van der Waals surface area contributed by atoms with E-state index in [1.165, 1.54) is 12.8 Å². The normalized spacial score (nSPS) is 17.2. The van der Waals surface area contributed by atoms with Crippen LogP contribution in [0.15, 0.2) is 23.2 Å². The largest absolute Gasteiger partial charge is 0.496 e. The van der Waals surface area contributed by atoms with Crippen molar-refractivity contribution in [2.75, 3.05) is 7.11 Å². The molecule has 3 nitrogen and oxygen atoms in total. The Morgan fingerprint density at radius 2 is 2.17 bits per heavy atom. The first-order valence-corrected chi connectivity index (χ1v) is 6.54. The number of benzene rings is 1. The molecular formula is C14H16ClNO2. The second-order valence-electron chi connectivity index (χ2n) is 4.60. The van der Waals surface area contributed by atoms with Gasteiger partial charge in [0.05, 0.1) is 13.2 Å². The third-order valence-corrected chi connectivity index (χ3v) is 3.78. The van der Waals surface area contributed by atoms with Gasteiger partial charge in [0.1, 0.15) is 5.75 Å². The van der Waals surface area contributed by atoms with Gasteiger partial charge >= 0.3 is 0 Å². The van der Waals surface area contributed by atoms with Gasteiger partial charge in [0, 0.05) is 10.6 Å². The maximum Gasteiger partial charge on any atom is 0.235 e. The fourth-order valence-electron chi connectivity index (χ4n) is 2.70. The van der Waals surface area contributed by atoms with E-state index in [0.717, 1.165) is 24.2 Å². The Morgan fingerprint density at radius 1 is 1.44 bits per heavy atom. The molecule has 0 aliphatic heterocycles. The number of hydrogen-bond acceptors (Lipinski definition) is 3. The molecule has 0 amide bonds. The Bertz CT molecular complexity index is 463. The van der Waals surface area contributed by atoms with Crippen LogP contribution in [-0.4, -0.2) is 13.2 Å². The summed E-state index contributed by atoms with van der Waals surface area (Å²) in [6.45, 7) is 0. The van der Waals surface area contributed by atoms with E-state index in [1.54, 1.807) is 19.3 Å². The third kappa shape index (κ3) is 2.74. The number of rotatable bonds is 4. The summed E-state index contributed by atoms with van der Waals surface area (Å²) in [6.07, 6.45) is 6.25. The third-order valence-electron chi connectivity index (χ3n) is 3.55. The first-order valence-electron chi connectivity index (χ1n) is 6.16. The molecule has 1 atom stereocenters. The summed E-state index contributed by atoms with van der Waals surface area (Å²) >= 11 is 6.03. The fourth-order valence-corrected chi connectivity index (χ4v) is 2.88. The highest BCUT2D eigenvalue weighted by molar-refractivity contribution is 6.30. The van der Waals surface area contributed by atoms with Crippen LogP contribution in [0, 0.1) is 5.92 Å². The van der Waals surface area contributed by atoms with E-state index in [2.05, 4.69) is 4.99 Å². The highest BCUT2D eigenvalue weighted by Crippen LogP contribution is 2.41. The summed E-state index contributed by atoms with van der Waals surface area (Å²) in [4.78, 5) is 14.6. The van der Waals surface area contributed by atoms with Crippen molar-refractivity contribution < 1.29 is 9.53 Å². The molecule has 96 valence electrons. The van der Waals surface area contributed by atoms with Crippen molar-refractivity contribution in [3.63, 3.8) is 0 Å². The summed E-state index contributed by atoms with van der Waals surface area (Å²) in [5.41, 5.74) is 0.889. The molecule has 0 bridgehead atoms. The van der Waals surface area contributed by atoms with Crippen LogP contribution in [0.3, 0.4) is 0 Å². The van der Waals surface area contributed by atoms with E-state index in [1.807, 2.05) is 12.1 Å². The SMILES string of the molecule is COc1ccc(Cl)cc1C(N=C=O)C1CCCC1. The van der Waals surface area contributed by atoms with Crippen LogP contribution < -0.4 is 4.74 Å². The van der Waals surface area contributed by atoms with E-state index >= 15 is 0 Å². The van der Waals surface area contributed by atoms with Gasteiger partial charge < -0.3 is 4.74 Å². The monoisotopic (exact) mass is 265 g/mol. The first-order chi connectivity index (χ1) is 8.76. The van der Waals surface area contributed by atoms with Gasteiger partial charge in [-0.05, 0) is 37.0 Å². The minimum atomic E-state index is -0.182. The van der Waals surface area contributed by atoms with Crippen LogP contribution in [0.5, 0.6) is 5.75 Å². The predicted octanol–water partition coefficient (Wildman–Crippen LogP) is 3.92. The van der Waals surface area contributed by atoms with Crippen LogP contribution in [0.1, 0.15) is 37.3 Å². The highest BCUT2D eigenvalue weighted by atomic mass is 35.5. The number of methoxy groups -OCH3 is 1. The molecule has 18 heavy (non-hydrogen) atoms. The standard InChI is InChI=1S/C14H16ClNO2/c1-18-13-7-6-11(15)8-12(13)14(16-9-17)10-4-2-3-5-10/h6-8,10,14H,2-5H2,1H3. The van der Waals surface area contributed by atoms with Crippen LogP contribution >= 0.6 is 11.6 Å². The van der Waals surface area contributed by atoms with Crippen molar-refractivity contribution in [3.8, 4) is 5.75 Å². The number of carbonyl (C=O) groups excluding carboxylic acids is 1. The number of nitrogens with zero attached hydrogens (tertiary/aromatic N) is 1. The van der Waals surface area contributed by atoms with Crippen molar-refractivity contribution in [1.29, 1.82) is 0 Å². The molecule has 0 saturated heterocycles. The van der Waals surface area contributed by atoms with Gasteiger partial charge in [-0.3, -0.25) is 0 Å². The second kappa shape index (κ2) is 6.03. The van der Waals surface area contributed by atoms with E-state index in [4.69, 9.17) is 16.3 Å². The van der Waals surface area contributed by atoms with Crippen LogP contribution in [-0.2, 0) is 4.79 Å². The number of aliphatic imine (C=N–C) groups is 1. The lowest BCUT2D eigenvalue weighted by atomic mass is 9.91. The van der Waals surface area contributed by atoms with Crippen LogP contribution in [0.2, 0.25) is 5.02 Å². The Labute approximate surface area is 112 Å². The van der Waals surface area contributed by atoms with Crippen molar-refractivity contribution in [2.45, 2.75) is 31.7 Å². The molecule has 0 radical (unpaired) electrons. The Hall–Kier alpha value is -1.31. The van der Waals surface area contributed by atoms with Gasteiger partial charge in [0.25, 0.3) is 0 Å². The number of ether oxygens (including phenoxy) is 1. The lowest BCUT2D eigenvalue weighted by Gasteiger charge is -2.20. The summed E-state index contributed by atoms with van der Waals surface area (Å²) in [5.74, 6) is 1.12. The van der Waals surface area contributed by atoms with Gasteiger partial charge in [-0.25, -0.2) is 4.79 Å². The Balaban J connectivity index is 2.40. The number of isocyanates is 1. The molecule has 1 unspecified atom stereocenters. The molecule has 4 heteroatoms. The fraction of sp³-hybridized carbons (Fsp3) is 0.500. The average Bonchev–Trinajstić information content (AvgIpc) is 2.89. The van der Waals surface area contributed by atoms with Crippen molar-refractivity contribution in [1.82, 2.24) is 0 Å². The van der Waals surface area contributed by atoms with Crippen LogP contribution in [0.4, 0.5) is 0 Å². The molecule has 2 rings (SSSR count). The lowest BCUT2D eigenvalue weighted by Crippen LogP contribution is -2.09. The molecule has 1 aromatic carbocycles. The zero-order valence-corrected chi connectivity index (χ0v) is 11.1. The van der Waals surface area contributed by atoms with E-state index in [-0.39, 0.29) is 6.04 Å². The van der Waals surface area contributed by atoms with E-state index in [0.29, 0.717) is 10.9 Å². The average molecular weight is 266 g/mol. The van der Waals surface area contributed by atoms with Crippen molar-refractivity contribution in [3.05, 3.63) is 28.8 Å². The lowest BCUT2D eigenvalue weighted by molar-refractivity contribution is 0.385. The molecule has 0 spiro atoms. The van der Waals surface area contributed by atoms with Gasteiger partial charge in [0.2, 0.25) is 6.08 Å². The van der Waals surface area contributed by atoms with E-state index in [9.17, 15) is 4.79 Å². The van der Waals surface area contributed by atoms with Gasteiger partial charge in [0.15, 0.2) is 0 Å². The van der Waals surface area contributed by atoms with Crippen LogP contribution in [0.25, 0.3) is 0 Å². The van der Waals surface area contributed by atoms with Gasteiger partial charge in [-0.15, -0.1) is 0 Å².